The lowest BCUT2D eigenvalue weighted by Crippen LogP contribution is -2.47. The molecule has 442 valence electrons. The van der Waals surface area contributed by atoms with Crippen molar-refractivity contribution in [3.05, 3.63) is 109 Å². The molecule has 0 radical (unpaired) electrons. The van der Waals surface area contributed by atoms with Gasteiger partial charge in [-0.15, -0.1) is 0 Å². The Morgan fingerprint density at radius 2 is 1.58 bits per heavy atom. The van der Waals surface area contributed by atoms with Crippen molar-refractivity contribution in [3.8, 4) is 17.2 Å². The van der Waals surface area contributed by atoms with Crippen LogP contribution in [0, 0.1) is 42.4 Å². The quantitative estimate of drug-likeness (QED) is 0.0140. The lowest BCUT2D eigenvalue weighted by molar-refractivity contribution is -0.158. The van der Waals surface area contributed by atoms with E-state index in [1.54, 1.807) is 69.3 Å². The highest BCUT2D eigenvalue weighted by atomic mass is 16.7. The number of ether oxygens (including phenoxy) is 4. The van der Waals surface area contributed by atoms with Crippen LogP contribution in [0.2, 0.25) is 0 Å². The number of ketones is 1. The summed E-state index contributed by atoms with van der Waals surface area (Å²) in [6.45, 7) is 17.6. The van der Waals surface area contributed by atoms with Gasteiger partial charge >= 0.3 is 11.8 Å². The Balaban J connectivity index is 1.12. The zero-order chi connectivity index (χ0) is 60.2. The number of phenolic OH excluding ortho intramolecular Hbond substituents is 1. The second-order valence-corrected chi connectivity index (χ2v) is 22.5. The lowest BCUT2D eigenvalue weighted by atomic mass is 9.77. The molecule has 0 aliphatic carbocycles. The number of hydrogen-bond acceptors (Lipinski definition) is 19. The van der Waals surface area contributed by atoms with E-state index in [2.05, 4.69) is 10.2 Å². The van der Waals surface area contributed by atoms with Crippen LogP contribution in [0.5, 0.6) is 17.2 Å². The molecule has 5 N–H and O–H groups in total. The first kappa shape index (κ1) is 61.1. The van der Waals surface area contributed by atoms with E-state index in [9.17, 15) is 49.2 Å². The minimum atomic E-state index is -1.97. The number of aliphatic hydroxyl groups is 3. The number of allylic oxidation sites excluding steroid dienone is 3. The summed E-state index contributed by atoms with van der Waals surface area (Å²) in [5.74, 6) is -7.11. The number of aliphatic hydroxyl groups excluding tert-OH is 3. The van der Waals surface area contributed by atoms with E-state index in [0.717, 1.165) is 0 Å². The van der Waals surface area contributed by atoms with Crippen LogP contribution in [0.1, 0.15) is 97.0 Å². The van der Waals surface area contributed by atoms with Gasteiger partial charge in [0.25, 0.3) is 5.91 Å². The molecule has 20 heteroatoms. The number of anilines is 2. The second kappa shape index (κ2) is 25.7. The minimum Gasteiger partial charge on any atom is -0.507 e. The van der Waals surface area contributed by atoms with Gasteiger partial charge in [0.2, 0.25) is 10.9 Å². The maximum absolute atomic E-state index is 15.0. The maximum Gasteiger partial charge on any atom is 0.307 e. The number of amides is 1. The minimum absolute atomic E-state index is 0.0271. The van der Waals surface area contributed by atoms with E-state index in [4.69, 9.17) is 28.3 Å². The average Bonchev–Trinajstić information content (AvgIpc) is 1.81. The van der Waals surface area contributed by atoms with Crippen LogP contribution in [0.25, 0.3) is 38.7 Å². The fourth-order valence-electron chi connectivity index (χ4n) is 11.1. The first-order chi connectivity index (χ1) is 39.5. The van der Waals surface area contributed by atoms with Gasteiger partial charge in [-0.2, -0.15) is 0 Å². The Morgan fingerprint density at radius 3 is 2.25 bits per heavy atom. The van der Waals surface area contributed by atoms with Crippen LogP contribution in [0.3, 0.4) is 0 Å². The number of nitrogens with zero attached hydrogens (tertiary/aromatic N) is 3. The van der Waals surface area contributed by atoms with E-state index >= 15 is 4.79 Å². The normalized spacial score (nSPS) is 26.1. The predicted molar refractivity (Wildman–Crippen MR) is 312 cm³/mol. The zero-order valence-corrected chi connectivity index (χ0v) is 48.3. The van der Waals surface area contributed by atoms with E-state index in [-0.39, 0.29) is 73.2 Å². The summed E-state index contributed by atoms with van der Waals surface area (Å²) in [6.07, 6.45) is 8.07. The Kier molecular flexibility index (Phi) is 18.9. The number of Topliss-reactive ketones (excluding diaryl/α,β-unsaturated/α-hetero) is 1. The number of fused-ring (bicyclic) bond motifs is 14. The highest BCUT2D eigenvalue weighted by Crippen LogP contribution is 2.42. The van der Waals surface area contributed by atoms with Crippen molar-refractivity contribution in [1.29, 1.82) is 0 Å². The van der Waals surface area contributed by atoms with Crippen molar-refractivity contribution < 1.29 is 67.8 Å². The fraction of sp³-hybridized carbons (Fsp3) is 0.460. The summed E-state index contributed by atoms with van der Waals surface area (Å²) < 4.78 is 30.6. The highest BCUT2D eigenvalue weighted by Gasteiger charge is 2.44. The Morgan fingerprint density at radius 1 is 0.880 bits per heavy atom. The molecule has 5 bridgehead atoms. The van der Waals surface area contributed by atoms with Crippen molar-refractivity contribution in [2.75, 3.05) is 49.5 Å². The lowest BCUT2D eigenvalue weighted by Gasteiger charge is -2.37. The van der Waals surface area contributed by atoms with Crippen LogP contribution in [-0.4, -0.2) is 124 Å². The molecule has 20 nitrogen and oxygen atoms in total. The predicted octanol–water partition coefficient (Wildman–Crippen LogP) is 7.14. The third-order valence-electron chi connectivity index (χ3n) is 16.7. The van der Waals surface area contributed by atoms with Gasteiger partial charge in [0.1, 0.15) is 47.1 Å². The van der Waals surface area contributed by atoms with Crippen LogP contribution in [0.15, 0.2) is 86.5 Å². The van der Waals surface area contributed by atoms with Gasteiger partial charge in [0.05, 0.1) is 41.6 Å². The van der Waals surface area contributed by atoms with E-state index in [0.29, 0.717) is 88.2 Å². The summed E-state index contributed by atoms with van der Waals surface area (Å²) in [5.41, 5.74) is -1.27. The van der Waals surface area contributed by atoms with Crippen molar-refractivity contribution in [1.82, 2.24) is 9.88 Å². The van der Waals surface area contributed by atoms with Crippen molar-refractivity contribution >= 4 is 80.3 Å². The molecule has 1 saturated heterocycles. The number of piperazine rings is 1. The molecule has 9 rings (SSSR count). The SMILES string of the molecule is CC(=O)O[C@H]1[C@H](C)[C@H](O)[C@H](C)[C@@H](O)[C@@H](C)/C=C/C=C(/C)C(=O)Nc2c(=O)c3c(O)c(C)c4c(c3c3nc5c(=O)cc(N6CCN(CCC(=O)c7ccc(OCCCCC(C=O)C=O)cc7)CC6)cc5oc23)=C(O)[C@@](C)(O/C=C/[C@H](C)[C@H]1C)O4. The molecule has 83 heavy (non-hydrogen) atoms. The standard InChI is InChI=1S/C63H74N4O16/c1-33-21-28-80-63(9)61(77)50-48-49(56(75)39(7)59(50)83-63)57(76)53(65-62(78)35(3)14-12-13-34(2)54(73)37(5)55(74)38(6)58(36(33)4)81-40(8)70)60-52(48)64-51-46(72)29-43(30-47(51)82-60)67-25-23-66(24-26-67)22-20-45(71)42-16-18-44(19-17-42)79-27-11-10-15-41(31-68)32-69/h12-14,16-19,21,28-34,36-38,41,54-55,58,73-75,77H,10-11,15,20,22-27H2,1-9H3,(H,65,78)/b13-12+,28-21+,35-14-/t33-,34-,36+,37+,38+,54-,55+,58+,63-/m0/s1. The Hall–Kier alpha value is -7.94. The molecule has 0 spiro atoms. The number of aromatic nitrogens is 1. The van der Waals surface area contributed by atoms with Gasteiger partial charge in [0.15, 0.2) is 28.2 Å². The van der Waals surface area contributed by atoms with Gasteiger partial charge in [0, 0.05) is 111 Å². The molecule has 1 aromatic heterocycles. The second-order valence-electron chi connectivity index (χ2n) is 22.5. The van der Waals surface area contributed by atoms with Crippen LogP contribution in [-0.2, 0) is 28.7 Å². The monoisotopic (exact) mass is 1140 g/mol. The number of esters is 1. The average molecular weight is 1140 g/mol. The smallest absolute Gasteiger partial charge is 0.307 e. The Labute approximate surface area is 480 Å². The number of hydrogen-bond donors (Lipinski definition) is 5. The number of nitrogens with one attached hydrogen (secondary N) is 1. The van der Waals surface area contributed by atoms with E-state index < -0.39 is 93.6 Å². The molecule has 5 aromatic rings. The molecule has 4 aliphatic rings. The number of carbonyl (C=O) groups is 5. The van der Waals surface area contributed by atoms with Crippen LogP contribution >= 0.6 is 0 Å². The number of rotatable bonds is 14. The third-order valence-corrected chi connectivity index (χ3v) is 16.7. The summed E-state index contributed by atoms with van der Waals surface area (Å²) >= 11 is 0. The first-order valence-electron chi connectivity index (χ1n) is 28.2. The molecular formula is C63H74N4O16. The summed E-state index contributed by atoms with van der Waals surface area (Å²) in [6, 6.07) is 9.97. The number of phenols is 1. The number of carbonyl (C=O) groups excluding carboxylic acids is 5. The topological polar surface area (TPSA) is 282 Å². The van der Waals surface area contributed by atoms with Gasteiger partial charge in [-0.25, -0.2) is 4.98 Å². The number of unbranched alkanes of at least 4 members (excludes halogenated alkanes) is 1. The van der Waals surface area contributed by atoms with Crippen molar-refractivity contribution in [2.45, 2.75) is 112 Å². The van der Waals surface area contributed by atoms with Gasteiger partial charge in [-0.05, 0) is 75.3 Å². The third kappa shape index (κ3) is 12.8. The van der Waals surface area contributed by atoms with Crippen LogP contribution < -0.4 is 35.8 Å². The zero-order valence-electron chi connectivity index (χ0n) is 48.3. The van der Waals surface area contributed by atoms with Gasteiger partial charge < -0.3 is 63.6 Å². The molecule has 1 amide bonds. The first-order valence-corrected chi connectivity index (χ1v) is 28.2. The van der Waals surface area contributed by atoms with Crippen LogP contribution in [0.4, 0.5) is 11.4 Å². The number of aromatic hydroxyl groups is 1. The Bertz CT molecular complexity index is 3580. The number of benzene rings is 4. The maximum atomic E-state index is 15.0. The molecule has 9 atom stereocenters. The fourth-order valence-corrected chi connectivity index (χ4v) is 11.1. The largest absolute Gasteiger partial charge is 0.507 e. The van der Waals surface area contributed by atoms with E-state index in [1.807, 2.05) is 18.7 Å². The molecule has 5 heterocycles. The highest BCUT2D eigenvalue weighted by molar-refractivity contribution is 6.17. The molecule has 4 aliphatic heterocycles. The summed E-state index contributed by atoms with van der Waals surface area (Å²) in [5, 5.41) is 49.5. The molecular weight excluding hydrogens is 1070 g/mol. The summed E-state index contributed by atoms with van der Waals surface area (Å²) in [7, 11) is 0. The molecule has 0 saturated carbocycles. The molecule has 4 aromatic carbocycles. The number of aldehydes is 2. The van der Waals surface area contributed by atoms with Crippen molar-refractivity contribution in [3.63, 3.8) is 0 Å². The summed E-state index contributed by atoms with van der Waals surface area (Å²) in [4.78, 5) is 99.9. The molecule has 0 unspecified atom stereocenters. The van der Waals surface area contributed by atoms with Crippen molar-refractivity contribution in [2.24, 2.45) is 35.5 Å². The van der Waals surface area contributed by atoms with E-state index in [1.165, 1.54) is 46.1 Å². The van der Waals surface area contributed by atoms with Gasteiger partial charge in [-0.1, -0.05) is 52.8 Å². The molecule has 1 fully saturated rings. The van der Waals surface area contributed by atoms with Gasteiger partial charge in [-0.3, -0.25) is 28.9 Å².